The van der Waals surface area contributed by atoms with Crippen LogP contribution in [-0.4, -0.2) is 53.3 Å². The van der Waals surface area contributed by atoms with E-state index in [9.17, 15) is 9.59 Å². The predicted octanol–water partition coefficient (Wildman–Crippen LogP) is 3.69. The molecule has 0 saturated carbocycles. The third-order valence-electron chi connectivity index (χ3n) is 5.62. The second-order valence-corrected chi connectivity index (χ2v) is 8.20. The van der Waals surface area contributed by atoms with Gasteiger partial charge >= 0.3 is 0 Å². The summed E-state index contributed by atoms with van der Waals surface area (Å²) in [5, 5.41) is 5.94. The van der Waals surface area contributed by atoms with Gasteiger partial charge in [-0.15, -0.1) is 0 Å². The fraction of sp³-hybridized carbons (Fsp3) is 0.481. The van der Waals surface area contributed by atoms with Gasteiger partial charge < -0.3 is 29.6 Å². The molecule has 0 spiro atoms. The lowest BCUT2D eigenvalue weighted by molar-refractivity contribution is -0.121. The molecule has 0 aliphatic rings. The first-order valence-electron chi connectivity index (χ1n) is 12.0. The average Bonchev–Trinajstić information content (AvgIpc) is 2.87. The largest absolute Gasteiger partial charge is 0.493 e. The molecule has 35 heavy (non-hydrogen) atoms. The summed E-state index contributed by atoms with van der Waals surface area (Å²) in [5.41, 5.74) is 1.77. The Kier molecular flexibility index (Phi) is 12.3. The highest BCUT2D eigenvalue weighted by Crippen LogP contribution is 2.28. The topological polar surface area (TPSA) is 95.1 Å². The lowest BCUT2D eigenvalue weighted by Gasteiger charge is -2.10. The summed E-state index contributed by atoms with van der Waals surface area (Å²) in [6.45, 7) is 1.32. The Morgan fingerprint density at radius 2 is 0.943 bits per heavy atom. The van der Waals surface area contributed by atoms with Crippen molar-refractivity contribution in [3.05, 3.63) is 47.5 Å². The van der Waals surface area contributed by atoms with Gasteiger partial charge in [0, 0.05) is 13.1 Å². The molecule has 0 aromatic heterocycles. The molecule has 2 aromatic carbocycles. The van der Waals surface area contributed by atoms with E-state index in [1.807, 2.05) is 24.3 Å². The molecule has 0 aliphatic heterocycles. The number of nitrogens with one attached hydrogen (secondary N) is 2. The van der Waals surface area contributed by atoms with Gasteiger partial charge in [-0.3, -0.25) is 9.59 Å². The van der Waals surface area contributed by atoms with E-state index in [1.54, 1.807) is 40.6 Å². The molecule has 0 radical (unpaired) electrons. The third-order valence-corrected chi connectivity index (χ3v) is 5.62. The van der Waals surface area contributed by atoms with E-state index >= 15 is 0 Å². The molecule has 2 amide bonds. The highest BCUT2D eigenvalue weighted by atomic mass is 16.5. The average molecular weight is 487 g/mol. The Bertz CT molecular complexity index is 872. The Morgan fingerprint density at radius 3 is 1.31 bits per heavy atom. The lowest BCUT2D eigenvalue weighted by atomic mass is 10.1. The molecule has 0 aliphatic carbocycles. The number of unbranched alkanes of at least 4 members (excludes halogenated alkanes) is 4. The molecule has 0 atom stereocenters. The second kappa shape index (κ2) is 15.5. The summed E-state index contributed by atoms with van der Waals surface area (Å²) in [6, 6.07) is 11.0. The van der Waals surface area contributed by atoms with Gasteiger partial charge in [0.05, 0.1) is 41.3 Å². The Morgan fingerprint density at radius 1 is 0.571 bits per heavy atom. The molecule has 0 unspecified atom stereocenters. The van der Waals surface area contributed by atoms with Crippen molar-refractivity contribution in [1.29, 1.82) is 0 Å². The van der Waals surface area contributed by atoms with Crippen LogP contribution >= 0.6 is 0 Å². The van der Waals surface area contributed by atoms with Gasteiger partial charge in [-0.1, -0.05) is 31.4 Å². The van der Waals surface area contributed by atoms with Crippen LogP contribution in [0.15, 0.2) is 36.4 Å². The Labute approximate surface area is 208 Å². The second-order valence-electron chi connectivity index (χ2n) is 8.20. The monoisotopic (exact) mass is 486 g/mol. The highest BCUT2D eigenvalue weighted by molar-refractivity contribution is 5.79. The van der Waals surface area contributed by atoms with E-state index in [0.717, 1.165) is 43.2 Å². The summed E-state index contributed by atoms with van der Waals surface area (Å²) >= 11 is 0. The summed E-state index contributed by atoms with van der Waals surface area (Å²) in [7, 11) is 6.33. The number of hydrogen-bond acceptors (Lipinski definition) is 6. The first-order chi connectivity index (χ1) is 17.0. The summed E-state index contributed by atoms with van der Waals surface area (Å²) in [5.74, 6) is 2.52. The highest BCUT2D eigenvalue weighted by Gasteiger charge is 2.09. The molecule has 8 nitrogen and oxygen atoms in total. The van der Waals surface area contributed by atoms with Crippen LogP contribution in [0.4, 0.5) is 0 Å². The zero-order valence-corrected chi connectivity index (χ0v) is 21.3. The van der Waals surface area contributed by atoms with Gasteiger partial charge in [0.1, 0.15) is 0 Å². The molecule has 8 heteroatoms. The minimum absolute atomic E-state index is 0.00517. The van der Waals surface area contributed by atoms with Gasteiger partial charge in [-0.2, -0.15) is 0 Å². The van der Waals surface area contributed by atoms with Crippen molar-refractivity contribution in [2.75, 3.05) is 41.5 Å². The molecule has 0 saturated heterocycles. The normalized spacial score (nSPS) is 10.4. The van der Waals surface area contributed by atoms with Crippen molar-refractivity contribution < 1.29 is 28.5 Å². The van der Waals surface area contributed by atoms with Gasteiger partial charge in [-0.25, -0.2) is 0 Å². The summed E-state index contributed by atoms with van der Waals surface area (Å²) in [4.78, 5) is 24.3. The minimum atomic E-state index is -0.00517. The van der Waals surface area contributed by atoms with E-state index in [1.165, 1.54) is 0 Å². The van der Waals surface area contributed by atoms with Crippen molar-refractivity contribution in [2.24, 2.45) is 0 Å². The van der Waals surface area contributed by atoms with Crippen molar-refractivity contribution in [3.8, 4) is 23.0 Å². The molecule has 2 aromatic rings. The van der Waals surface area contributed by atoms with Gasteiger partial charge in [0.2, 0.25) is 11.8 Å². The summed E-state index contributed by atoms with van der Waals surface area (Å²) < 4.78 is 21.0. The van der Waals surface area contributed by atoms with Crippen LogP contribution in [0.1, 0.15) is 43.2 Å². The van der Waals surface area contributed by atoms with Crippen LogP contribution in [0.3, 0.4) is 0 Å². The molecule has 0 fully saturated rings. The van der Waals surface area contributed by atoms with Crippen molar-refractivity contribution in [3.63, 3.8) is 0 Å². The van der Waals surface area contributed by atoms with Crippen LogP contribution in [0.25, 0.3) is 0 Å². The standard InChI is InChI=1S/C27H38N2O6/c1-32-22-12-10-20(16-24(22)34-3)18-26(30)28-14-8-6-5-7-9-15-29-27(31)19-21-11-13-23(33-2)25(17-21)35-4/h10-13,16-17H,5-9,14-15,18-19H2,1-4H3,(H,28,30)(H,29,31). The quantitative estimate of drug-likeness (QED) is 0.352. The van der Waals surface area contributed by atoms with Gasteiger partial charge in [0.15, 0.2) is 23.0 Å². The maximum absolute atomic E-state index is 12.2. The molecule has 192 valence electrons. The zero-order valence-electron chi connectivity index (χ0n) is 21.3. The maximum Gasteiger partial charge on any atom is 0.224 e. The first kappa shape index (κ1) is 27.8. The number of ether oxygens (including phenoxy) is 4. The van der Waals surface area contributed by atoms with Crippen LogP contribution in [0.5, 0.6) is 23.0 Å². The SMILES string of the molecule is COc1ccc(CC(=O)NCCCCCCCNC(=O)Cc2ccc(OC)c(OC)c2)cc1OC. The molecule has 0 heterocycles. The van der Waals surface area contributed by atoms with E-state index in [0.29, 0.717) is 48.9 Å². The minimum Gasteiger partial charge on any atom is -0.493 e. The Balaban J connectivity index is 1.52. The lowest BCUT2D eigenvalue weighted by Crippen LogP contribution is -2.26. The van der Waals surface area contributed by atoms with Crippen LogP contribution in [0, 0.1) is 0 Å². The van der Waals surface area contributed by atoms with Crippen LogP contribution in [0.2, 0.25) is 0 Å². The van der Waals surface area contributed by atoms with Gasteiger partial charge in [-0.05, 0) is 48.2 Å². The fourth-order valence-electron chi connectivity index (χ4n) is 3.71. The van der Waals surface area contributed by atoms with E-state index in [-0.39, 0.29) is 11.8 Å². The molecule has 2 N–H and O–H groups in total. The van der Waals surface area contributed by atoms with E-state index in [4.69, 9.17) is 18.9 Å². The van der Waals surface area contributed by atoms with E-state index < -0.39 is 0 Å². The fourth-order valence-corrected chi connectivity index (χ4v) is 3.71. The van der Waals surface area contributed by atoms with Crippen LogP contribution < -0.4 is 29.6 Å². The van der Waals surface area contributed by atoms with Crippen molar-refractivity contribution in [2.45, 2.75) is 44.9 Å². The zero-order chi connectivity index (χ0) is 25.5. The molecular weight excluding hydrogens is 448 g/mol. The number of rotatable bonds is 16. The molecular formula is C27H38N2O6. The Hall–Kier alpha value is -3.42. The van der Waals surface area contributed by atoms with E-state index in [2.05, 4.69) is 10.6 Å². The molecule has 0 bridgehead atoms. The van der Waals surface area contributed by atoms with Gasteiger partial charge in [0.25, 0.3) is 0 Å². The van der Waals surface area contributed by atoms with Crippen LogP contribution in [-0.2, 0) is 22.4 Å². The number of carbonyl (C=O) groups is 2. The number of carbonyl (C=O) groups excluding carboxylic acids is 2. The molecule has 2 rings (SSSR count). The van der Waals surface area contributed by atoms with Crippen molar-refractivity contribution in [1.82, 2.24) is 10.6 Å². The summed E-state index contributed by atoms with van der Waals surface area (Å²) in [6.07, 6.45) is 5.63. The number of amides is 2. The maximum atomic E-state index is 12.2. The van der Waals surface area contributed by atoms with Crippen molar-refractivity contribution >= 4 is 11.8 Å². The number of methoxy groups -OCH3 is 4. The predicted molar refractivity (Wildman–Crippen MR) is 136 cm³/mol. The third kappa shape index (κ3) is 9.76. The smallest absolute Gasteiger partial charge is 0.224 e. The number of hydrogen-bond donors (Lipinski definition) is 2. The first-order valence-corrected chi connectivity index (χ1v) is 12.0. The number of benzene rings is 2.